The van der Waals surface area contributed by atoms with Gasteiger partial charge in [-0.2, -0.15) is 0 Å². The highest BCUT2D eigenvalue weighted by Gasteiger charge is 2.19. The Morgan fingerprint density at radius 2 is 2.33 bits per heavy atom. The molecule has 1 unspecified atom stereocenters. The van der Waals surface area contributed by atoms with Crippen LogP contribution in [0, 0.1) is 0 Å². The van der Waals surface area contributed by atoms with Gasteiger partial charge in [0.25, 0.3) is 0 Å². The zero-order chi connectivity index (χ0) is 8.55. The van der Waals surface area contributed by atoms with Crippen molar-refractivity contribution < 1.29 is 0 Å². The summed E-state index contributed by atoms with van der Waals surface area (Å²) in [6.07, 6.45) is 1.77. The summed E-state index contributed by atoms with van der Waals surface area (Å²) < 4.78 is 0. The van der Waals surface area contributed by atoms with Crippen molar-refractivity contribution in [2.75, 3.05) is 11.5 Å². The van der Waals surface area contributed by atoms with Crippen LogP contribution in [-0.2, 0) is 0 Å². The summed E-state index contributed by atoms with van der Waals surface area (Å²) in [5.41, 5.74) is 11.0. The molecule has 1 aliphatic rings. The van der Waals surface area contributed by atoms with Crippen molar-refractivity contribution in [3.8, 4) is 0 Å². The lowest BCUT2D eigenvalue weighted by Crippen LogP contribution is -2.01. The predicted octanol–water partition coefficient (Wildman–Crippen LogP) is 0.828. The highest BCUT2D eigenvalue weighted by Crippen LogP contribution is 2.32. The minimum absolute atomic E-state index is 0.171. The van der Waals surface area contributed by atoms with Gasteiger partial charge in [0, 0.05) is 11.9 Å². The van der Waals surface area contributed by atoms with E-state index in [0.29, 0.717) is 10.3 Å². The van der Waals surface area contributed by atoms with Gasteiger partial charge in [0.1, 0.15) is 0 Å². The number of hydrogen-bond donors (Lipinski definition) is 2. The lowest BCUT2D eigenvalue weighted by molar-refractivity contribution is 0.866. The Kier molecular flexibility index (Phi) is 1.93. The predicted molar refractivity (Wildman–Crippen MR) is 53.3 cm³/mol. The molecule has 0 aliphatic carbocycles. The van der Waals surface area contributed by atoms with Crippen molar-refractivity contribution in [2.45, 2.75) is 6.04 Å². The number of nitrogens with zero attached hydrogens (tertiary/aromatic N) is 2. The molecular weight excluding hydrogens is 192 g/mol. The third-order valence-corrected chi connectivity index (χ3v) is 3.35. The van der Waals surface area contributed by atoms with E-state index in [2.05, 4.69) is 9.98 Å². The van der Waals surface area contributed by atoms with Gasteiger partial charge in [-0.1, -0.05) is 11.8 Å². The van der Waals surface area contributed by atoms with Crippen LogP contribution in [0.5, 0.6) is 0 Å². The van der Waals surface area contributed by atoms with E-state index in [-0.39, 0.29) is 6.04 Å². The first-order valence-corrected chi connectivity index (χ1v) is 5.23. The molecule has 4 nitrogen and oxygen atoms in total. The van der Waals surface area contributed by atoms with Crippen molar-refractivity contribution in [1.82, 2.24) is 4.98 Å². The largest absolute Gasteiger partial charge is 0.379 e. The van der Waals surface area contributed by atoms with E-state index in [1.54, 1.807) is 18.0 Å². The van der Waals surface area contributed by atoms with Crippen molar-refractivity contribution in [2.24, 2.45) is 10.7 Å². The van der Waals surface area contributed by atoms with E-state index >= 15 is 0 Å². The van der Waals surface area contributed by atoms with E-state index in [4.69, 9.17) is 11.5 Å². The number of anilines is 1. The van der Waals surface area contributed by atoms with Crippen LogP contribution < -0.4 is 11.5 Å². The van der Waals surface area contributed by atoms with E-state index < -0.39 is 0 Å². The third-order valence-electron chi connectivity index (χ3n) is 1.54. The molecule has 0 spiro atoms. The molecule has 1 aromatic heterocycles. The molecular formula is C6H8N4S2. The number of thioether (sulfide) groups is 1. The molecule has 1 aliphatic heterocycles. The molecule has 0 saturated carbocycles. The second kappa shape index (κ2) is 2.95. The Morgan fingerprint density at radius 3 is 2.83 bits per heavy atom. The number of hydrogen-bond acceptors (Lipinski definition) is 6. The van der Waals surface area contributed by atoms with Crippen LogP contribution in [0.3, 0.4) is 0 Å². The van der Waals surface area contributed by atoms with Gasteiger partial charge in [-0.3, -0.25) is 4.99 Å². The van der Waals surface area contributed by atoms with Gasteiger partial charge in [-0.05, 0) is 0 Å². The average molecular weight is 200 g/mol. The number of aromatic nitrogens is 1. The smallest absolute Gasteiger partial charge is 0.180 e. The lowest BCUT2D eigenvalue weighted by Gasteiger charge is -1.98. The molecule has 0 saturated heterocycles. The maximum atomic E-state index is 5.54. The summed E-state index contributed by atoms with van der Waals surface area (Å²) in [5, 5.41) is 1.25. The first-order valence-electron chi connectivity index (χ1n) is 3.43. The fourth-order valence-corrected chi connectivity index (χ4v) is 2.61. The van der Waals surface area contributed by atoms with Crippen molar-refractivity contribution in [3.05, 3.63) is 11.1 Å². The Bertz CT molecular complexity index is 319. The van der Waals surface area contributed by atoms with Crippen LogP contribution >= 0.6 is 23.1 Å². The molecule has 0 amide bonds. The number of amidine groups is 1. The first kappa shape index (κ1) is 7.88. The number of aliphatic imine (C=N–C) groups is 1. The number of rotatable bonds is 1. The standard InChI is InChI=1S/C6H8N4S2/c7-5-9-1-4(12-5)3-2-11-6(8)10-3/h1,3H,2H2,(H2,7,9)(H2,8,10). The maximum Gasteiger partial charge on any atom is 0.180 e. The van der Waals surface area contributed by atoms with Gasteiger partial charge in [0.05, 0.1) is 10.9 Å². The normalized spacial score (nSPS) is 22.7. The summed E-state index contributed by atoms with van der Waals surface area (Å²) in [4.78, 5) is 9.31. The van der Waals surface area contributed by atoms with Crippen LogP contribution in [0.2, 0.25) is 0 Å². The molecule has 0 radical (unpaired) electrons. The Hall–Kier alpha value is -0.750. The highest BCUT2D eigenvalue weighted by atomic mass is 32.2. The van der Waals surface area contributed by atoms with Crippen LogP contribution in [0.1, 0.15) is 10.9 Å². The van der Waals surface area contributed by atoms with E-state index in [9.17, 15) is 0 Å². The van der Waals surface area contributed by atoms with Gasteiger partial charge < -0.3 is 11.5 Å². The summed E-state index contributed by atoms with van der Waals surface area (Å²) in [6, 6.07) is 0.171. The minimum Gasteiger partial charge on any atom is -0.379 e. The zero-order valence-electron chi connectivity index (χ0n) is 6.23. The van der Waals surface area contributed by atoms with Crippen LogP contribution in [0.4, 0.5) is 5.13 Å². The second-order valence-corrected chi connectivity index (χ2v) is 4.53. The Morgan fingerprint density at radius 1 is 1.50 bits per heavy atom. The Labute approximate surface area is 78.1 Å². The van der Waals surface area contributed by atoms with Gasteiger partial charge >= 0.3 is 0 Å². The van der Waals surface area contributed by atoms with Gasteiger partial charge in [-0.15, -0.1) is 11.3 Å². The molecule has 1 aromatic rings. The molecule has 6 heteroatoms. The Balaban J connectivity index is 2.21. The first-order chi connectivity index (χ1) is 5.75. The summed E-state index contributed by atoms with van der Waals surface area (Å²) >= 11 is 3.05. The highest BCUT2D eigenvalue weighted by molar-refractivity contribution is 8.14. The van der Waals surface area contributed by atoms with E-state index in [0.717, 1.165) is 10.6 Å². The van der Waals surface area contributed by atoms with E-state index in [1.165, 1.54) is 11.3 Å². The van der Waals surface area contributed by atoms with Crippen LogP contribution in [0.25, 0.3) is 0 Å². The molecule has 0 aromatic carbocycles. The third kappa shape index (κ3) is 1.39. The van der Waals surface area contributed by atoms with Gasteiger partial charge in [-0.25, -0.2) is 4.98 Å². The summed E-state index contributed by atoms with van der Waals surface area (Å²) in [7, 11) is 0. The molecule has 12 heavy (non-hydrogen) atoms. The van der Waals surface area contributed by atoms with Crippen molar-refractivity contribution in [3.63, 3.8) is 0 Å². The van der Waals surface area contributed by atoms with Crippen molar-refractivity contribution in [1.29, 1.82) is 0 Å². The summed E-state index contributed by atoms with van der Waals surface area (Å²) in [5.74, 6) is 0.910. The van der Waals surface area contributed by atoms with Crippen LogP contribution in [0.15, 0.2) is 11.2 Å². The summed E-state index contributed by atoms with van der Waals surface area (Å²) in [6.45, 7) is 0. The second-order valence-electron chi connectivity index (χ2n) is 2.40. The SMILES string of the molecule is NC1=NC(c2cnc(N)s2)CS1. The zero-order valence-corrected chi connectivity index (χ0v) is 7.86. The molecule has 2 heterocycles. The minimum atomic E-state index is 0.171. The topological polar surface area (TPSA) is 77.3 Å². The van der Waals surface area contributed by atoms with E-state index in [1.807, 2.05) is 0 Å². The molecule has 0 bridgehead atoms. The maximum absolute atomic E-state index is 5.54. The number of nitrogen functional groups attached to an aromatic ring is 1. The molecule has 2 rings (SSSR count). The van der Waals surface area contributed by atoms with Gasteiger partial charge in [0.2, 0.25) is 0 Å². The quantitative estimate of drug-likeness (QED) is 0.704. The molecule has 4 N–H and O–H groups in total. The average Bonchev–Trinajstić information content (AvgIpc) is 2.58. The fraction of sp³-hybridized carbons (Fsp3) is 0.333. The van der Waals surface area contributed by atoms with Crippen molar-refractivity contribution >= 4 is 33.4 Å². The molecule has 1 atom stereocenters. The molecule has 0 fully saturated rings. The number of thiazole rings is 1. The number of nitrogens with two attached hydrogens (primary N) is 2. The fourth-order valence-electron chi connectivity index (χ4n) is 0.993. The monoisotopic (exact) mass is 200 g/mol. The van der Waals surface area contributed by atoms with Gasteiger partial charge in [0.15, 0.2) is 10.3 Å². The lowest BCUT2D eigenvalue weighted by atomic mass is 10.3. The van der Waals surface area contributed by atoms with Crippen LogP contribution in [-0.4, -0.2) is 15.9 Å². The molecule has 64 valence electrons.